The van der Waals surface area contributed by atoms with Crippen LogP contribution in [0.25, 0.3) is 0 Å². The molecule has 0 atom stereocenters. The highest BCUT2D eigenvalue weighted by Crippen LogP contribution is 2.28. The van der Waals surface area contributed by atoms with Crippen molar-refractivity contribution in [3.63, 3.8) is 0 Å². The van der Waals surface area contributed by atoms with E-state index in [-0.39, 0.29) is 36.8 Å². The van der Waals surface area contributed by atoms with Gasteiger partial charge in [0.2, 0.25) is 5.91 Å². The molecule has 0 aliphatic heterocycles. The van der Waals surface area contributed by atoms with Gasteiger partial charge in [-0.1, -0.05) is 24.3 Å². The van der Waals surface area contributed by atoms with Crippen LogP contribution in [-0.4, -0.2) is 48.2 Å². The Labute approximate surface area is 217 Å². The van der Waals surface area contributed by atoms with Crippen LogP contribution in [0.4, 0.5) is 21.9 Å². The Hall–Kier alpha value is -5.13. The molecule has 12 nitrogen and oxygen atoms in total. The van der Waals surface area contributed by atoms with E-state index in [0.29, 0.717) is 22.7 Å². The molecule has 38 heavy (non-hydrogen) atoms. The number of methoxy groups -OCH3 is 1. The number of carboxylic acid groups (broad SMARTS) is 1. The number of carbonyl (C=O) groups is 3. The van der Waals surface area contributed by atoms with Crippen molar-refractivity contribution >= 4 is 35.0 Å². The van der Waals surface area contributed by atoms with Crippen molar-refractivity contribution in [3.05, 3.63) is 87.5 Å². The van der Waals surface area contributed by atoms with Gasteiger partial charge in [0.05, 0.1) is 36.2 Å². The van der Waals surface area contributed by atoms with Gasteiger partial charge in [0.25, 0.3) is 0 Å². The number of urea groups is 1. The molecule has 3 aromatic rings. The van der Waals surface area contributed by atoms with Crippen LogP contribution in [0.5, 0.6) is 11.5 Å². The van der Waals surface area contributed by atoms with E-state index in [9.17, 15) is 24.5 Å². The van der Waals surface area contributed by atoms with Crippen LogP contribution in [0.2, 0.25) is 0 Å². The normalized spacial score (nSPS) is 10.3. The SMILES string of the molecule is COc1cc(CC(=O)NCCOc2ccc(C(=O)O)cc2[N+](=O)[O-])ccc1NC(=O)Nc1ccccc1C. The van der Waals surface area contributed by atoms with Gasteiger partial charge in [-0.05, 0) is 48.4 Å². The standard InChI is InChI=1S/C26H26N4O8/c1-16-5-3-4-6-19(16)28-26(34)29-20-9-7-17(13-23(20)37-2)14-24(31)27-11-12-38-22-10-8-18(25(32)33)15-21(22)30(35)36/h3-10,13,15H,11-12,14H2,1-2H3,(H,27,31)(H,32,33)(H2,28,29,34). The van der Waals surface area contributed by atoms with Gasteiger partial charge in [-0.3, -0.25) is 14.9 Å². The first-order valence-corrected chi connectivity index (χ1v) is 11.4. The lowest BCUT2D eigenvalue weighted by Crippen LogP contribution is -2.29. The molecular formula is C26H26N4O8. The van der Waals surface area contributed by atoms with Crippen LogP contribution in [0.1, 0.15) is 21.5 Å². The number of benzene rings is 3. The molecule has 0 bridgehead atoms. The lowest BCUT2D eigenvalue weighted by atomic mass is 10.1. The minimum Gasteiger partial charge on any atom is -0.495 e. The van der Waals surface area contributed by atoms with Gasteiger partial charge in [0.15, 0.2) is 5.75 Å². The lowest BCUT2D eigenvalue weighted by molar-refractivity contribution is -0.385. The Kier molecular flexibility index (Phi) is 9.19. The second-order valence-corrected chi connectivity index (χ2v) is 8.05. The van der Waals surface area contributed by atoms with Crippen molar-refractivity contribution in [1.29, 1.82) is 0 Å². The number of carboxylic acids is 1. The Morgan fingerprint density at radius 3 is 2.39 bits per heavy atom. The first-order chi connectivity index (χ1) is 18.2. The van der Waals surface area contributed by atoms with Gasteiger partial charge >= 0.3 is 17.7 Å². The summed E-state index contributed by atoms with van der Waals surface area (Å²) in [6, 6.07) is 15.2. The number of aromatic carboxylic acids is 1. The van der Waals surface area contributed by atoms with Crippen molar-refractivity contribution in [3.8, 4) is 11.5 Å². The first-order valence-electron chi connectivity index (χ1n) is 11.4. The van der Waals surface area contributed by atoms with E-state index in [2.05, 4.69) is 16.0 Å². The molecule has 198 valence electrons. The van der Waals surface area contributed by atoms with Gasteiger partial charge < -0.3 is 30.5 Å². The molecule has 3 amide bonds. The smallest absolute Gasteiger partial charge is 0.335 e. The number of nitro groups is 1. The summed E-state index contributed by atoms with van der Waals surface area (Å²) in [6.45, 7) is 1.87. The highest BCUT2D eigenvalue weighted by Gasteiger charge is 2.18. The van der Waals surface area contributed by atoms with E-state index in [1.165, 1.54) is 19.2 Å². The molecule has 0 aromatic heterocycles. The van der Waals surface area contributed by atoms with Crippen LogP contribution < -0.4 is 25.4 Å². The molecule has 3 rings (SSSR count). The van der Waals surface area contributed by atoms with Crippen molar-refractivity contribution in [2.24, 2.45) is 0 Å². The highest BCUT2D eigenvalue weighted by molar-refractivity contribution is 6.01. The van der Waals surface area contributed by atoms with Gasteiger partial charge in [0.1, 0.15) is 12.4 Å². The maximum atomic E-state index is 12.4. The van der Waals surface area contributed by atoms with Gasteiger partial charge in [0, 0.05) is 11.8 Å². The maximum absolute atomic E-state index is 12.4. The Morgan fingerprint density at radius 1 is 0.974 bits per heavy atom. The molecule has 0 aliphatic carbocycles. The number of carbonyl (C=O) groups excluding carboxylic acids is 2. The molecule has 0 aliphatic rings. The number of amides is 3. The molecule has 0 unspecified atom stereocenters. The average molecular weight is 523 g/mol. The third kappa shape index (κ3) is 7.43. The van der Waals surface area contributed by atoms with Crippen LogP contribution in [0.15, 0.2) is 60.7 Å². The lowest BCUT2D eigenvalue weighted by Gasteiger charge is -2.14. The third-order valence-corrected chi connectivity index (χ3v) is 5.36. The predicted molar refractivity (Wildman–Crippen MR) is 139 cm³/mol. The number of nitro benzene ring substituents is 1. The predicted octanol–water partition coefficient (Wildman–Crippen LogP) is 3.99. The van der Waals surface area contributed by atoms with E-state index in [0.717, 1.165) is 11.6 Å². The number of hydrogen-bond acceptors (Lipinski definition) is 7. The molecule has 0 radical (unpaired) electrons. The summed E-state index contributed by atoms with van der Waals surface area (Å²) in [4.78, 5) is 46.2. The molecule has 4 N–H and O–H groups in total. The molecule has 0 saturated heterocycles. The fraction of sp³-hybridized carbons (Fsp3) is 0.192. The maximum Gasteiger partial charge on any atom is 0.335 e. The summed E-state index contributed by atoms with van der Waals surface area (Å²) in [5, 5.41) is 28.3. The average Bonchev–Trinajstić information content (AvgIpc) is 2.88. The van der Waals surface area contributed by atoms with Crippen molar-refractivity contribution in [2.45, 2.75) is 13.3 Å². The Balaban J connectivity index is 1.52. The van der Waals surface area contributed by atoms with Crippen molar-refractivity contribution in [2.75, 3.05) is 30.9 Å². The Morgan fingerprint density at radius 2 is 1.71 bits per heavy atom. The summed E-state index contributed by atoms with van der Waals surface area (Å²) in [7, 11) is 1.45. The zero-order chi connectivity index (χ0) is 27.7. The summed E-state index contributed by atoms with van der Waals surface area (Å²) in [5.41, 5.74) is 1.92. The van der Waals surface area contributed by atoms with Crippen LogP contribution >= 0.6 is 0 Å². The zero-order valence-electron chi connectivity index (χ0n) is 20.6. The molecule has 0 spiro atoms. The summed E-state index contributed by atoms with van der Waals surface area (Å²) >= 11 is 0. The molecule has 3 aromatic carbocycles. The number of nitrogens with zero attached hydrogens (tertiary/aromatic N) is 1. The third-order valence-electron chi connectivity index (χ3n) is 5.36. The number of nitrogens with one attached hydrogen (secondary N) is 3. The monoisotopic (exact) mass is 522 g/mol. The zero-order valence-corrected chi connectivity index (χ0v) is 20.6. The van der Waals surface area contributed by atoms with Crippen LogP contribution in [-0.2, 0) is 11.2 Å². The largest absolute Gasteiger partial charge is 0.495 e. The quantitative estimate of drug-likeness (QED) is 0.166. The van der Waals surface area contributed by atoms with E-state index in [1.54, 1.807) is 24.3 Å². The first kappa shape index (κ1) is 27.5. The topological polar surface area (TPSA) is 169 Å². The number of hydrogen-bond donors (Lipinski definition) is 4. The molecule has 12 heteroatoms. The Bertz CT molecular complexity index is 1360. The fourth-order valence-corrected chi connectivity index (χ4v) is 3.45. The molecule has 0 heterocycles. The van der Waals surface area contributed by atoms with Crippen LogP contribution in [0, 0.1) is 17.0 Å². The summed E-state index contributed by atoms with van der Waals surface area (Å²) in [5.74, 6) is -1.36. The van der Waals surface area contributed by atoms with Gasteiger partial charge in [-0.15, -0.1) is 0 Å². The number of para-hydroxylation sites is 1. The van der Waals surface area contributed by atoms with E-state index >= 15 is 0 Å². The van der Waals surface area contributed by atoms with E-state index < -0.39 is 22.6 Å². The number of aryl methyl sites for hydroxylation is 1. The summed E-state index contributed by atoms with van der Waals surface area (Å²) in [6.07, 6.45) is 0.0134. The van der Waals surface area contributed by atoms with Crippen molar-refractivity contribution < 1.29 is 33.9 Å². The number of anilines is 2. The molecule has 0 saturated carbocycles. The second-order valence-electron chi connectivity index (χ2n) is 8.05. The van der Waals surface area contributed by atoms with Crippen LogP contribution in [0.3, 0.4) is 0 Å². The second kappa shape index (κ2) is 12.7. The van der Waals surface area contributed by atoms with Crippen molar-refractivity contribution in [1.82, 2.24) is 5.32 Å². The van der Waals surface area contributed by atoms with Gasteiger partial charge in [-0.25, -0.2) is 9.59 Å². The number of rotatable bonds is 11. The fourth-order valence-electron chi connectivity index (χ4n) is 3.45. The molecule has 0 fully saturated rings. The highest BCUT2D eigenvalue weighted by atomic mass is 16.6. The van der Waals surface area contributed by atoms with E-state index in [1.807, 2.05) is 25.1 Å². The van der Waals surface area contributed by atoms with Gasteiger partial charge in [-0.2, -0.15) is 0 Å². The number of ether oxygens (including phenoxy) is 2. The minimum atomic E-state index is -1.29. The minimum absolute atomic E-state index is 0.0134. The molecular weight excluding hydrogens is 496 g/mol. The summed E-state index contributed by atoms with van der Waals surface area (Å²) < 4.78 is 10.7. The van der Waals surface area contributed by atoms with E-state index in [4.69, 9.17) is 14.6 Å².